The summed E-state index contributed by atoms with van der Waals surface area (Å²) in [5.74, 6) is -0.237. The number of rotatable bonds is 3. The fourth-order valence-electron chi connectivity index (χ4n) is 3.23. The first kappa shape index (κ1) is 14.3. The molecule has 1 aliphatic carbocycles. The van der Waals surface area contributed by atoms with E-state index < -0.39 is 0 Å². The van der Waals surface area contributed by atoms with Crippen molar-refractivity contribution in [2.24, 2.45) is 0 Å². The van der Waals surface area contributed by atoms with Gasteiger partial charge >= 0.3 is 0 Å². The number of Topliss-reactive ketones (excluding diaryl/α,β-unsaturated/α-hetero) is 1. The largest absolute Gasteiger partial charge is 0.298 e. The summed E-state index contributed by atoms with van der Waals surface area (Å²) in [4.78, 5) is 21.2. The van der Waals surface area contributed by atoms with Crippen LogP contribution in [0.2, 0.25) is 5.02 Å². The summed E-state index contributed by atoms with van der Waals surface area (Å²) in [6, 6.07) is 5.62. The van der Waals surface area contributed by atoms with Crippen LogP contribution in [-0.4, -0.2) is 25.5 Å². The highest BCUT2D eigenvalue weighted by Crippen LogP contribution is 2.38. The number of hydrogen-bond acceptors (Lipinski definition) is 4. The van der Waals surface area contributed by atoms with Crippen molar-refractivity contribution in [3.8, 4) is 0 Å². The first-order chi connectivity index (χ1) is 11.2. The van der Waals surface area contributed by atoms with E-state index in [0.717, 1.165) is 35.2 Å². The van der Waals surface area contributed by atoms with Gasteiger partial charge in [-0.15, -0.1) is 0 Å². The summed E-state index contributed by atoms with van der Waals surface area (Å²) in [7, 11) is 0. The van der Waals surface area contributed by atoms with Crippen LogP contribution in [0.25, 0.3) is 11.0 Å². The Morgan fingerprint density at radius 2 is 2.22 bits per heavy atom. The van der Waals surface area contributed by atoms with Crippen molar-refractivity contribution in [3.63, 3.8) is 0 Å². The lowest BCUT2D eigenvalue weighted by atomic mass is 9.95. The van der Waals surface area contributed by atoms with Crippen molar-refractivity contribution < 1.29 is 4.79 Å². The molecule has 0 bridgehead atoms. The highest BCUT2D eigenvalue weighted by Gasteiger charge is 2.34. The number of benzene rings is 1. The van der Waals surface area contributed by atoms with E-state index in [0.29, 0.717) is 17.1 Å². The van der Waals surface area contributed by atoms with E-state index in [9.17, 15) is 4.79 Å². The van der Waals surface area contributed by atoms with Gasteiger partial charge in [0.25, 0.3) is 0 Å². The van der Waals surface area contributed by atoms with Crippen molar-refractivity contribution >= 4 is 28.4 Å². The zero-order valence-electron chi connectivity index (χ0n) is 12.7. The Morgan fingerprint density at radius 1 is 1.35 bits per heavy atom. The Kier molecular flexibility index (Phi) is 3.38. The average Bonchev–Trinajstić information content (AvgIpc) is 3.07. The van der Waals surface area contributed by atoms with Crippen molar-refractivity contribution in [1.82, 2.24) is 19.7 Å². The van der Waals surface area contributed by atoms with Crippen molar-refractivity contribution in [3.05, 3.63) is 52.6 Å². The third kappa shape index (κ3) is 2.32. The second-order valence-corrected chi connectivity index (χ2v) is 6.24. The quantitative estimate of drug-likeness (QED) is 0.742. The highest BCUT2D eigenvalue weighted by molar-refractivity contribution is 6.30. The Morgan fingerprint density at radius 3 is 3.04 bits per heavy atom. The molecule has 3 aromatic rings. The maximum atomic E-state index is 12.6. The Bertz CT molecular complexity index is 918. The van der Waals surface area contributed by atoms with Gasteiger partial charge in [0.15, 0.2) is 11.4 Å². The van der Waals surface area contributed by atoms with Gasteiger partial charge in [-0.2, -0.15) is 5.10 Å². The van der Waals surface area contributed by atoms with E-state index in [2.05, 4.69) is 22.0 Å². The Hall–Kier alpha value is -2.27. The SMILES string of the molecule is CCCn1cc2c(C3C(=O)Cc4ccc(Cl)cc43)ncnc2n1. The first-order valence-corrected chi connectivity index (χ1v) is 8.04. The van der Waals surface area contributed by atoms with Crippen LogP contribution in [-0.2, 0) is 17.8 Å². The van der Waals surface area contributed by atoms with Crippen LogP contribution in [0.4, 0.5) is 0 Å². The molecule has 116 valence electrons. The van der Waals surface area contributed by atoms with Gasteiger partial charge in [-0.1, -0.05) is 24.6 Å². The minimum atomic E-state index is -0.381. The molecule has 5 nitrogen and oxygen atoms in total. The van der Waals surface area contributed by atoms with Gasteiger partial charge < -0.3 is 0 Å². The maximum Gasteiger partial charge on any atom is 0.184 e. The van der Waals surface area contributed by atoms with E-state index in [1.165, 1.54) is 6.33 Å². The maximum absolute atomic E-state index is 12.6. The number of carbonyl (C=O) groups excluding carboxylic acids is 1. The number of aryl methyl sites for hydroxylation is 1. The molecule has 4 rings (SSSR count). The summed E-state index contributed by atoms with van der Waals surface area (Å²) in [5.41, 5.74) is 3.33. The molecule has 2 heterocycles. The predicted molar refractivity (Wildman–Crippen MR) is 87.6 cm³/mol. The van der Waals surface area contributed by atoms with Gasteiger partial charge in [0.05, 0.1) is 17.0 Å². The Labute approximate surface area is 138 Å². The van der Waals surface area contributed by atoms with Crippen LogP contribution >= 0.6 is 11.6 Å². The number of ketones is 1. The van der Waals surface area contributed by atoms with Crippen molar-refractivity contribution in [2.75, 3.05) is 0 Å². The normalized spacial score (nSPS) is 17.0. The minimum Gasteiger partial charge on any atom is -0.298 e. The second kappa shape index (κ2) is 5.42. The van der Waals surface area contributed by atoms with Gasteiger partial charge in [0.2, 0.25) is 0 Å². The van der Waals surface area contributed by atoms with Crippen molar-refractivity contribution in [2.45, 2.75) is 32.2 Å². The summed E-state index contributed by atoms with van der Waals surface area (Å²) in [5, 5.41) is 5.94. The molecule has 0 saturated carbocycles. The van der Waals surface area contributed by atoms with Gasteiger partial charge in [-0.3, -0.25) is 9.48 Å². The molecule has 2 aromatic heterocycles. The molecule has 0 amide bonds. The number of hydrogen-bond donors (Lipinski definition) is 0. The molecule has 1 unspecified atom stereocenters. The number of aromatic nitrogens is 4. The van der Waals surface area contributed by atoms with Gasteiger partial charge in [-0.05, 0) is 29.7 Å². The average molecular weight is 327 g/mol. The molecular formula is C17H15ClN4O. The molecule has 0 radical (unpaired) electrons. The third-order valence-corrected chi connectivity index (χ3v) is 4.46. The molecule has 0 N–H and O–H groups in total. The van der Waals surface area contributed by atoms with Crippen LogP contribution in [0.5, 0.6) is 0 Å². The second-order valence-electron chi connectivity index (χ2n) is 5.81. The molecule has 1 aromatic carbocycles. The van der Waals surface area contributed by atoms with Crippen LogP contribution in [0.15, 0.2) is 30.7 Å². The van der Waals surface area contributed by atoms with Gasteiger partial charge in [0, 0.05) is 24.2 Å². The number of nitrogens with zero attached hydrogens (tertiary/aromatic N) is 4. The lowest BCUT2D eigenvalue weighted by Gasteiger charge is -2.10. The molecule has 23 heavy (non-hydrogen) atoms. The van der Waals surface area contributed by atoms with Crippen LogP contribution in [0.1, 0.15) is 36.1 Å². The van der Waals surface area contributed by atoms with E-state index in [4.69, 9.17) is 11.6 Å². The molecule has 0 aliphatic heterocycles. The zero-order chi connectivity index (χ0) is 16.0. The fourth-order valence-corrected chi connectivity index (χ4v) is 3.42. The van der Waals surface area contributed by atoms with Gasteiger partial charge in [-0.25, -0.2) is 9.97 Å². The smallest absolute Gasteiger partial charge is 0.184 e. The lowest BCUT2D eigenvalue weighted by Crippen LogP contribution is -2.10. The molecule has 1 aliphatic rings. The van der Waals surface area contributed by atoms with Crippen LogP contribution in [0.3, 0.4) is 0 Å². The molecule has 0 spiro atoms. The zero-order valence-corrected chi connectivity index (χ0v) is 13.4. The number of carbonyl (C=O) groups is 1. The first-order valence-electron chi connectivity index (χ1n) is 7.66. The van der Waals surface area contributed by atoms with Crippen LogP contribution in [0, 0.1) is 0 Å². The fraction of sp³-hybridized carbons (Fsp3) is 0.294. The van der Waals surface area contributed by atoms with E-state index in [1.54, 1.807) is 0 Å². The topological polar surface area (TPSA) is 60.7 Å². The van der Waals surface area contributed by atoms with Gasteiger partial charge in [0.1, 0.15) is 6.33 Å². The standard InChI is InChI=1S/C17H15ClN4O/c1-2-5-22-8-13-16(19-9-20-17(13)21-22)15-12-7-11(18)4-3-10(12)6-14(15)23/h3-4,7-9,15H,2,5-6H2,1H3. The number of halogens is 1. The number of fused-ring (bicyclic) bond motifs is 2. The highest BCUT2D eigenvalue weighted by atomic mass is 35.5. The monoisotopic (exact) mass is 326 g/mol. The third-order valence-electron chi connectivity index (χ3n) is 4.23. The Balaban J connectivity index is 1.89. The molecular weight excluding hydrogens is 312 g/mol. The molecule has 0 saturated heterocycles. The summed E-state index contributed by atoms with van der Waals surface area (Å²) >= 11 is 6.13. The van der Waals surface area contributed by atoms with E-state index >= 15 is 0 Å². The summed E-state index contributed by atoms with van der Waals surface area (Å²) in [6.45, 7) is 2.91. The predicted octanol–water partition coefficient (Wildman–Crippen LogP) is 3.15. The summed E-state index contributed by atoms with van der Waals surface area (Å²) < 4.78 is 1.86. The minimum absolute atomic E-state index is 0.144. The molecule has 0 fully saturated rings. The van der Waals surface area contributed by atoms with E-state index in [1.807, 2.05) is 29.1 Å². The van der Waals surface area contributed by atoms with Crippen molar-refractivity contribution in [1.29, 1.82) is 0 Å². The van der Waals surface area contributed by atoms with E-state index in [-0.39, 0.29) is 11.7 Å². The lowest BCUT2D eigenvalue weighted by molar-refractivity contribution is -0.118. The molecule has 6 heteroatoms. The molecule has 1 atom stereocenters. The van der Waals surface area contributed by atoms with Crippen LogP contribution < -0.4 is 0 Å². The summed E-state index contributed by atoms with van der Waals surface area (Å²) in [6.07, 6.45) is 4.82.